The molecule has 0 aliphatic heterocycles. The Morgan fingerprint density at radius 2 is 1.71 bits per heavy atom. The molecule has 0 aliphatic rings. The standard InChI is InChI=1S/C7H12O7S2.Na.H/c8-1-2(9)3(10)4(11)5(12)6(13)14-7(15)16;;/h2-5,8-12H,1H2,(H,15,16);;/t2-,3-,4+,5-;;/m1../s1. The first-order chi connectivity index (χ1) is 7.31. The molecule has 0 amide bonds. The molecule has 0 heterocycles. The van der Waals surface area contributed by atoms with Crippen LogP contribution < -0.4 is 0 Å². The Kier molecular flexibility index (Phi) is 11.3. The van der Waals surface area contributed by atoms with Crippen LogP contribution in [0.1, 0.15) is 0 Å². The number of thiocarbonyl (C=S) groups is 1. The monoisotopic (exact) mass is 296 g/mol. The third kappa shape index (κ3) is 7.01. The first-order valence-corrected chi connectivity index (χ1v) is 4.94. The van der Waals surface area contributed by atoms with Gasteiger partial charge in [0, 0.05) is 0 Å². The molecule has 7 nitrogen and oxygen atoms in total. The van der Waals surface area contributed by atoms with Crippen LogP contribution in [0.3, 0.4) is 0 Å². The second-order valence-electron chi connectivity index (χ2n) is 2.86. The van der Waals surface area contributed by atoms with Crippen LogP contribution in [0.2, 0.25) is 0 Å². The van der Waals surface area contributed by atoms with Crippen molar-refractivity contribution in [2.24, 2.45) is 0 Å². The molecule has 0 aromatic heterocycles. The van der Waals surface area contributed by atoms with E-state index in [0.717, 1.165) is 0 Å². The van der Waals surface area contributed by atoms with Gasteiger partial charge in [0.25, 0.3) is 0 Å². The molecule has 4 atom stereocenters. The van der Waals surface area contributed by atoms with Crippen LogP contribution in [-0.2, 0) is 9.53 Å². The first kappa shape index (κ1) is 20.0. The van der Waals surface area contributed by atoms with Crippen LogP contribution in [0.25, 0.3) is 0 Å². The average molecular weight is 296 g/mol. The molecule has 5 N–H and O–H groups in total. The Balaban J connectivity index is 0. The molecule has 17 heavy (non-hydrogen) atoms. The summed E-state index contributed by atoms with van der Waals surface area (Å²) in [6.07, 6.45) is -7.72. The van der Waals surface area contributed by atoms with Gasteiger partial charge < -0.3 is 30.3 Å². The Labute approximate surface area is 130 Å². The summed E-state index contributed by atoms with van der Waals surface area (Å²) < 4.78 is 3.72. The molecule has 0 aromatic rings. The second-order valence-corrected chi connectivity index (χ2v) is 3.94. The fraction of sp³-hybridized carbons (Fsp3) is 0.714. The number of ether oxygens (including phenoxy) is 1. The van der Waals surface area contributed by atoms with Gasteiger partial charge in [0.05, 0.1) is 6.61 Å². The molecule has 0 radical (unpaired) electrons. The Morgan fingerprint density at radius 1 is 1.24 bits per heavy atom. The Hall–Kier alpha value is 0.710. The fourth-order valence-electron chi connectivity index (χ4n) is 0.808. The average Bonchev–Trinajstić information content (AvgIpc) is 2.23. The van der Waals surface area contributed by atoms with E-state index in [2.05, 4.69) is 29.6 Å². The molecule has 0 bridgehead atoms. The number of aliphatic hydroxyl groups is 5. The minimum absolute atomic E-state index is 0. The molecule has 96 valence electrons. The van der Waals surface area contributed by atoms with Crippen molar-refractivity contribution < 1.29 is 35.1 Å². The van der Waals surface area contributed by atoms with E-state index in [0.29, 0.717) is 0 Å². The summed E-state index contributed by atoms with van der Waals surface area (Å²) >= 11 is 7.75. The van der Waals surface area contributed by atoms with E-state index in [1.54, 1.807) is 0 Å². The van der Waals surface area contributed by atoms with E-state index in [-0.39, 0.29) is 29.6 Å². The normalized spacial score (nSPS) is 17.3. The predicted molar refractivity (Wildman–Crippen MR) is 65.9 cm³/mol. The molecule has 0 fully saturated rings. The van der Waals surface area contributed by atoms with Crippen molar-refractivity contribution in [3.8, 4) is 0 Å². The minimum atomic E-state index is -2.11. The van der Waals surface area contributed by atoms with E-state index in [1.807, 2.05) is 0 Å². The molecule has 0 spiro atoms. The Bertz CT molecular complexity index is 265. The van der Waals surface area contributed by atoms with Crippen molar-refractivity contribution in [1.29, 1.82) is 0 Å². The number of rotatable bonds is 5. The van der Waals surface area contributed by atoms with Crippen molar-refractivity contribution in [3.63, 3.8) is 0 Å². The van der Waals surface area contributed by atoms with Crippen LogP contribution in [0.5, 0.6) is 0 Å². The van der Waals surface area contributed by atoms with Crippen LogP contribution >= 0.6 is 24.8 Å². The van der Waals surface area contributed by atoms with Gasteiger partial charge in [-0.1, -0.05) is 12.6 Å². The van der Waals surface area contributed by atoms with Gasteiger partial charge in [-0.25, -0.2) is 4.79 Å². The van der Waals surface area contributed by atoms with E-state index in [1.165, 1.54) is 0 Å². The molecule has 0 rings (SSSR count). The van der Waals surface area contributed by atoms with Crippen LogP contribution in [0, 0.1) is 0 Å². The molecule has 0 saturated heterocycles. The summed E-state index contributed by atoms with van der Waals surface area (Å²) in [6, 6.07) is 0. The van der Waals surface area contributed by atoms with E-state index in [9.17, 15) is 15.0 Å². The van der Waals surface area contributed by atoms with Gasteiger partial charge >= 0.3 is 35.5 Å². The zero-order chi connectivity index (χ0) is 12.9. The van der Waals surface area contributed by atoms with Crippen molar-refractivity contribution in [3.05, 3.63) is 0 Å². The second kappa shape index (κ2) is 9.62. The summed E-state index contributed by atoms with van der Waals surface area (Å²) in [5, 5.41) is 45.0. The fourth-order valence-corrected chi connectivity index (χ4v) is 0.980. The van der Waals surface area contributed by atoms with E-state index < -0.39 is 41.4 Å². The number of thiol groups is 1. The summed E-state index contributed by atoms with van der Waals surface area (Å²) in [5.41, 5.74) is 0. The quantitative estimate of drug-likeness (QED) is 0.134. The predicted octanol–water partition coefficient (Wildman–Crippen LogP) is -3.47. The maximum absolute atomic E-state index is 11.0. The third-order valence-corrected chi connectivity index (χ3v) is 1.86. The van der Waals surface area contributed by atoms with Crippen molar-refractivity contribution >= 4 is 64.8 Å². The molecule has 10 heteroatoms. The van der Waals surface area contributed by atoms with Gasteiger partial charge in [-0.3, -0.25) is 0 Å². The van der Waals surface area contributed by atoms with E-state index in [4.69, 9.17) is 15.3 Å². The molecule has 0 saturated carbocycles. The summed E-state index contributed by atoms with van der Waals surface area (Å²) in [6.45, 7) is -0.842. The van der Waals surface area contributed by atoms with Crippen LogP contribution in [0.15, 0.2) is 0 Å². The summed E-state index contributed by atoms with van der Waals surface area (Å²) in [4.78, 5) is 11.0. The molecular weight excluding hydrogens is 283 g/mol. The summed E-state index contributed by atoms with van der Waals surface area (Å²) in [5.74, 6) is -1.32. The molecule has 0 aromatic carbocycles. The molecule has 0 unspecified atom stereocenters. The van der Waals surface area contributed by atoms with Gasteiger partial charge in [0.2, 0.25) is 4.38 Å². The van der Waals surface area contributed by atoms with Gasteiger partial charge in [-0.05, 0) is 12.2 Å². The topological polar surface area (TPSA) is 127 Å². The van der Waals surface area contributed by atoms with Crippen LogP contribution in [-0.4, -0.2) is 96.5 Å². The number of hydrogen-bond acceptors (Lipinski definition) is 8. The van der Waals surface area contributed by atoms with Crippen molar-refractivity contribution in [2.45, 2.75) is 24.4 Å². The van der Waals surface area contributed by atoms with Gasteiger partial charge in [-0.15, -0.1) is 0 Å². The zero-order valence-electron chi connectivity index (χ0n) is 7.92. The number of esters is 1. The van der Waals surface area contributed by atoms with E-state index >= 15 is 0 Å². The Morgan fingerprint density at radius 3 is 2.06 bits per heavy atom. The number of carbonyl (C=O) groups excluding carboxylic acids is 1. The van der Waals surface area contributed by atoms with Crippen LogP contribution in [0.4, 0.5) is 0 Å². The van der Waals surface area contributed by atoms with Crippen molar-refractivity contribution in [1.82, 2.24) is 0 Å². The number of carbonyl (C=O) groups is 1. The number of aliphatic hydroxyl groups excluding tert-OH is 5. The van der Waals surface area contributed by atoms with Gasteiger partial charge in [0.15, 0.2) is 6.10 Å². The first-order valence-electron chi connectivity index (χ1n) is 4.09. The van der Waals surface area contributed by atoms with Gasteiger partial charge in [0.1, 0.15) is 18.3 Å². The molecular formula is C7H13NaO7S2. The third-order valence-electron chi connectivity index (χ3n) is 1.68. The maximum atomic E-state index is 11.0. The van der Waals surface area contributed by atoms with Gasteiger partial charge in [-0.2, -0.15) is 0 Å². The zero-order valence-corrected chi connectivity index (χ0v) is 9.64. The molecule has 0 aliphatic carbocycles. The van der Waals surface area contributed by atoms with Crippen molar-refractivity contribution in [2.75, 3.05) is 6.61 Å². The SMILES string of the molecule is O=C(OC(=S)S)[C@H](O)[C@@H](O)[C@H](O)[C@H](O)CO.[NaH]. The number of hydrogen-bond donors (Lipinski definition) is 6. The summed E-state index contributed by atoms with van der Waals surface area (Å²) in [7, 11) is 0.